The predicted molar refractivity (Wildman–Crippen MR) is 126 cm³/mol. The molecule has 0 radical (unpaired) electrons. The largest absolute Gasteiger partial charge is 0.378 e. The molecule has 1 aliphatic carbocycles. The fourth-order valence-corrected chi connectivity index (χ4v) is 4.72. The summed E-state index contributed by atoms with van der Waals surface area (Å²) in [5, 5.41) is 5.38. The van der Waals surface area contributed by atoms with E-state index < -0.39 is 59.5 Å². The van der Waals surface area contributed by atoms with Crippen LogP contribution in [0.25, 0.3) is 0 Å². The van der Waals surface area contributed by atoms with E-state index in [0.717, 1.165) is 22.9 Å². The molecule has 2 N–H and O–H groups in total. The zero-order valence-electron chi connectivity index (χ0n) is 20.3. The second-order valence-corrected chi connectivity index (χ2v) is 9.78. The molecule has 1 unspecified atom stereocenters. The number of rotatable bonds is 8. The second-order valence-electron chi connectivity index (χ2n) is 9.78. The average Bonchev–Trinajstić information content (AvgIpc) is 3.63. The van der Waals surface area contributed by atoms with Crippen molar-refractivity contribution in [2.45, 2.75) is 62.8 Å². The summed E-state index contributed by atoms with van der Waals surface area (Å²) >= 11 is 0. The molecule has 1 aromatic carbocycles. The van der Waals surface area contributed by atoms with Crippen molar-refractivity contribution in [2.75, 3.05) is 25.5 Å². The van der Waals surface area contributed by atoms with Crippen LogP contribution in [0.4, 0.5) is 32.0 Å². The van der Waals surface area contributed by atoms with Crippen LogP contribution in [0.3, 0.4) is 0 Å². The van der Waals surface area contributed by atoms with E-state index in [1.165, 1.54) is 19.1 Å². The van der Waals surface area contributed by atoms with Gasteiger partial charge in [0.25, 0.3) is 24.3 Å². The summed E-state index contributed by atoms with van der Waals surface area (Å²) in [5.41, 5.74) is -3.78. The van der Waals surface area contributed by atoms with Crippen molar-refractivity contribution in [1.29, 1.82) is 0 Å². The average molecular weight is 531 g/mol. The van der Waals surface area contributed by atoms with Gasteiger partial charge in [0, 0.05) is 30.9 Å². The van der Waals surface area contributed by atoms with E-state index in [-0.39, 0.29) is 36.2 Å². The number of likely N-dealkylation sites (tertiary alicyclic amines) is 1. The number of benzene rings is 1. The van der Waals surface area contributed by atoms with Crippen LogP contribution in [-0.2, 0) is 5.54 Å². The van der Waals surface area contributed by atoms with Crippen LogP contribution in [0.2, 0.25) is 0 Å². The zero-order chi connectivity index (χ0) is 27.1. The van der Waals surface area contributed by atoms with Gasteiger partial charge in [0.15, 0.2) is 0 Å². The van der Waals surface area contributed by atoms with Gasteiger partial charge in [0.1, 0.15) is 17.5 Å². The van der Waals surface area contributed by atoms with Gasteiger partial charge < -0.3 is 20.1 Å². The molecule has 1 saturated carbocycles. The highest BCUT2D eigenvalue weighted by molar-refractivity contribution is 5.99. The van der Waals surface area contributed by atoms with E-state index in [2.05, 4.69) is 10.6 Å². The van der Waals surface area contributed by atoms with Gasteiger partial charge in [-0.15, -0.1) is 0 Å². The van der Waals surface area contributed by atoms with Crippen molar-refractivity contribution in [2.24, 2.45) is 0 Å². The van der Waals surface area contributed by atoms with Crippen molar-refractivity contribution in [3.63, 3.8) is 0 Å². The van der Waals surface area contributed by atoms with Gasteiger partial charge in [-0.3, -0.25) is 9.59 Å². The number of carbonyl (C=O) groups is 1. The van der Waals surface area contributed by atoms with Crippen molar-refractivity contribution >= 4 is 11.6 Å². The Kier molecular flexibility index (Phi) is 7.59. The highest BCUT2D eigenvalue weighted by Crippen LogP contribution is 2.48. The summed E-state index contributed by atoms with van der Waals surface area (Å²) in [7, 11) is 1.76. The topological polar surface area (TPSA) is 66.4 Å². The Morgan fingerprint density at radius 2 is 1.84 bits per heavy atom. The van der Waals surface area contributed by atoms with Gasteiger partial charge >= 0.3 is 0 Å². The number of amides is 1. The maximum Gasteiger partial charge on any atom is 0.266 e. The van der Waals surface area contributed by atoms with Crippen LogP contribution < -0.4 is 16.2 Å². The smallest absolute Gasteiger partial charge is 0.266 e. The first-order valence-electron chi connectivity index (χ1n) is 12.0. The van der Waals surface area contributed by atoms with Crippen molar-refractivity contribution < 1.29 is 31.1 Å². The lowest BCUT2D eigenvalue weighted by molar-refractivity contribution is 0.0648. The highest BCUT2D eigenvalue weighted by Gasteiger charge is 2.53. The monoisotopic (exact) mass is 530 g/mol. The molecule has 12 heteroatoms. The molecule has 1 saturated heterocycles. The number of pyridine rings is 1. The first kappa shape index (κ1) is 27.0. The summed E-state index contributed by atoms with van der Waals surface area (Å²) < 4.78 is 84.0. The van der Waals surface area contributed by atoms with Crippen LogP contribution in [0.15, 0.2) is 35.3 Å². The van der Waals surface area contributed by atoms with Crippen LogP contribution in [0.5, 0.6) is 0 Å². The van der Waals surface area contributed by atoms with Crippen LogP contribution in [0, 0.1) is 5.82 Å². The standard InChI is InChI=1S/C25H28F6N4O2/c1-13(14-4-3-5-15(21(14)27)22(28)29)32-23(37)16-11-35(25(7-8-25)24(30)31)20(36)10-19(16)33-18-6-9-34(2)12-17(18)26/h3-5,10-11,13,17-18,22,24,33H,6-9,12H2,1-2H3,(H,32,37)/t13?,17-,18-/m1/s1. The van der Waals surface area contributed by atoms with Crippen LogP contribution in [-0.4, -0.2) is 54.2 Å². The molecule has 2 fully saturated rings. The summed E-state index contributed by atoms with van der Waals surface area (Å²) in [5.74, 6) is -2.03. The predicted octanol–water partition coefficient (Wildman–Crippen LogP) is 4.62. The minimum Gasteiger partial charge on any atom is -0.378 e. The second kappa shape index (κ2) is 10.4. The molecule has 3 atom stereocenters. The number of hydrogen-bond acceptors (Lipinski definition) is 4. The fourth-order valence-electron chi connectivity index (χ4n) is 4.72. The molecular formula is C25H28F6N4O2. The number of nitrogens with zero attached hydrogens (tertiary/aromatic N) is 2. The Morgan fingerprint density at radius 3 is 2.43 bits per heavy atom. The summed E-state index contributed by atoms with van der Waals surface area (Å²) in [4.78, 5) is 27.9. The molecule has 0 spiro atoms. The zero-order valence-corrected chi connectivity index (χ0v) is 20.3. The lowest BCUT2D eigenvalue weighted by Gasteiger charge is -2.33. The van der Waals surface area contributed by atoms with E-state index in [0.29, 0.717) is 13.0 Å². The van der Waals surface area contributed by atoms with Crippen molar-refractivity contribution in [1.82, 2.24) is 14.8 Å². The molecule has 1 amide bonds. The number of alkyl halides is 5. The SMILES string of the molecule is CC(NC(=O)c1cn(C2(C(F)F)CC2)c(=O)cc1N[C@@H]1CCN(C)C[C@H]1F)c1cccc(C(F)F)c1F. The Bertz CT molecular complexity index is 1220. The number of nitrogens with one attached hydrogen (secondary N) is 2. The lowest BCUT2D eigenvalue weighted by atomic mass is 10.0. The van der Waals surface area contributed by atoms with Gasteiger partial charge in [0.05, 0.1) is 28.9 Å². The van der Waals surface area contributed by atoms with Gasteiger partial charge in [0.2, 0.25) is 0 Å². The van der Waals surface area contributed by atoms with E-state index in [1.807, 2.05) is 0 Å². The number of hydrogen-bond donors (Lipinski definition) is 2. The first-order chi connectivity index (χ1) is 17.4. The van der Waals surface area contributed by atoms with E-state index in [4.69, 9.17) is 0 Å². The number of halogens is 6. The van der Waals surface area contributed by atoms with Gasteiger partial charge in [-0.05, 0) is 33.2 Å². The Balaban J connectivity index is 1.68. The maximum absolute atomic E-state index is 14.7. The molecule has 6 nitrogen and oxygen atoms in total. The Morgan fingerprint density at radius 1 is 1.16 bits per heavy atom. The van der Waals surface area contributed by atoms with E-state index in [9.17, 15) is 35.9 Å². The van der Waals surface area contributed by atoms with Crippen LogP contribution >= 0.6 is 0 Å². The molecule has 4 rings (SSSR count). The fraction of sp³-hybridized carbons (Fsp3) is 0.520. The molecule has 1 aromatic heterocycles. The quantitative estimate of drug-likeness (QED) is 0.489. The lowest BCUT2D eigenvalue weighted by Crippen LogP contribution is -2.47. The molecule has 2 aliphatic rings. The molecule has 37 heavy (non-hydrogen) atoms. The minimum atomic E-state index is -3.06. The van der Waals surface area contributed by atoms with Gasteiger partial charge in [-0.25, -0.2) is 26.3 Å². The third kappa shape index (κ3) is 5.34. The van der Waals surface area contributed by atoms with E-state index in [1.54, 1.807) is 11.9 Å². The van der Waals surface area contributed by atoms with Gasteiger partial charge in [-0.1, -0.05) is 18.2 Å². The molecular weight excluding hydrogens is 502 g/mol. The first-order valence-corrected chi connectivity index (χ1v) is 12.0. The molecule has 2 aromatic rings. The summed E-state index contributed by atoms with van der Waals surface area (Å²) in [6.07, 6.45) is -5.77. The molecule has 2 heterocycles. The normalized spacial score (nSPS) is 22.2. The third-order valence-corrected chi connectivity index (χ3v) is 7.14. The Hall–Kier alpha value is -3.02. The highest BCUT2D eigenvalue weighted by atomic mass is 19.3. The number of carbonyl (C=O) groups excluding carboxylic acids is 1. The van der Waals surface area contributed by atoms with Crippen LogP contribution in [0.1, 0.15) is 60.1 Å². The molecule has 202 valence electrons. The van der Waals surface area contributed by atoms with E-state index >= 15 is 0 Å². The number of aromatic nitrogens is 1. The Labute approximate surface area is 209 Å². The van der Waals surface area contributed by atoms with Crippen molar-refractivity contribution in [3.8, 4) is 0 Å². The minimum absolute atomic E-state index is 0.0436. The molecule has 1 aliphatic heterocycles. The van der Waals surface area contributed by atoms with Crippen molar-refractivity contribution in [3.05, 3.63) is 63.3 Å². The summed E-state index contributed by atoms with van der Waals surface area (Å²) in [6, 6.07) is 2.59. The third-order valence-electron chi connectivity index (χ3n) is 7.14. The number of anilines is 1. The van der Waals surface area contributed by atoms with Gasteiger partial charge in [-0.2, -0.15) is 0 Å². The summed E-state index contributed by atoms with van der Waals surface area (Å²) in [6.45, 7) is 2.06. The molecule has 0 bridgehead atoms. The number of piperidine rings is 1. The maximum atomic E-state index is 14.7.